The monoisotopic (exact) mass is 290 g/mol. The minimum Gasteiger partial charge on any atom is -0.493 e. The van der Waals surface area contributed by atoms with E-state index in [0.29, 0.717) is 0 Å². The fraction of sp³-hybridized carbons (Fsp3) is 0.684. The van der Waals surface area contributed by atoms with Crippen LogP contribution in [-0.4, -0.2) is 26.2 Å². The first-order valence-electron chi connectivity index (χ1n) is 8.50. The zero-order valence-electron chi connectivity index (χ0n) is 14.5. The molecule has 2 heteroatoms. The Morgan fingerprint density at radius 2 is 1.76 bits per heavy atom. The van der Waals surface area contributed by atoms with Gasteiger partial charge in [-0.2, -0.15) is 0 Å². The molecule has 2 atom stereocenters. The fourth-order valence-electron chi connectivity index (χ4n) is 3.78. The molecule has 1 heterocycles. The van der Waals surface area contributed by atoms with Gasteiger partial charge < -0.3 is 9.64 Å². The number of likely N-dealkylation sites (tertiary alicyclic amines) is 1. The molecule has 1 aromatic carbocycles. The maximum absolute atomic E-state index is 6.03. The predicted molar refractivity (Wildman–Crippen MR) is 89.3 cm³/mol. The van der Waals surface area contributed by atoms with Gasteiger partial charge in [0, 0.05) is 18.3 Å². The third-order valence-corrected chi connectivity index (χ3v) is 4.78. The highest BCUT2D eigenvalue weighted by molar-refractivity contribution is 5.41. The van der Waals surface area contributed by atoms with E-state index in [1.54, 1.807) is 4.90 Å². The van der Waals surface area contributed by atoms with Crippen molar-refractivity contribution >= 4 is 0 Å². The standard InChI is InChI=1S/C19H31NO/c1-14-10-17(4)18(5)19(11-14)21-8-6-7-20-12-15(2)9-16(3)13-20/h10-11,15-16H,6-9,12-13H2,1-5H3/p+1/t15-,16-/m0/s1. The second kappa shape index (κ2) is 7.31. The summed E-state index contributed by atoms with van der Waals surface area (Å²) in [7, 11) is 0. The minimum absolute atomic E-state index is 0.843. The van der Waals surface area contributed by atoms with Crippen LogP contribution in [0.2, 0.25) is 0 Å². The number of nitrogens with one attached hydrogen (secondary N) is 1. The van der Waals surface area contributed by atoms with Gasteiger partial charge in [0.25, 0.3) is 0 Å². The normalized spacial score (nSPS) is 25.9. The number of hydrogen-bond acceptors (Lipinski definition) is 1. The van der Waals surface area contributed by atoms with Crippen molar-refractivity contribution in [2.45, 2.75) is 47.5 Å². The van der Waals surface area contributed by atoms with Crippen LogP contribution < -0.4 is 9.64 Å². The molecule has 2 rings (SSSR count). The van der Waals surface area contributed by atoms with Crippen LogP contribution in [0.3, 0.4) is 0 Å². The first kappa shape index (κ1) is 16.4. The Labute approximate surface area is 130 Å². The molecule has 0 aromatic heterocycles. The van der Waals surface area contributed by atoms with Crippen molar-refractivity contribution in [1.82, 2.24) is 0 Å². The maximum atomic E-state index is 6.03. The number of aryl methyl sites for hydroxylation is 2. The summed E-state index contributed by atoms with van der Waals surface area (Å²) >= 11 is 0. The summed E-state index contributed by atoms with van der Waals surface area (Å²) in [5.74, 6) is 2.83. The van der Waals surface area contributed by atoms with Crippen molar-refractivity contribution in [2.24, 2.45) is 11.8 Å². The van der Waals surface area contributed by atoms with Gasteiger partial charge in [-0.1, -0.05) is 19.9 Å². The summed E-state index contributed by atoms with van der Waals surface area (Å²) in [5.41, 5.74) is 3.90. The molecule has 0 saturated carbocycles. The van der Waals surface area contributed by atoms with Gasteiger partial charge in [-0.15, -0.1) is 0 Å². The smallest absolute Gasteiger partial charge is 0.122 e. The molecule has 21 heavy (non-hydrogen) atoms. The molecule has 1 aliphatic heterocycles. The van der Waals surface area contributed by atoms with E-state index in [9.17, 15) is 0 Å². The lowest BCUT2D eigenvalue weighted by atomic mass is 9.92. The van der Waals surface area contributed by atoms with Crippen LogP contribution in [0, 0.1) is 32.6 Å². The van der Waals surface area contributed by atoms with Crippen LogP contribution in [0.1, 0.15) is 43.4 Å². The lowest BCUT2D eigenvalue weighted by molar-refractivity contribution is -0.912. The highest BCUT2D eigenvalue weighted by Gasteiger charge is 2.24. The second-order valence-corrected chi connectivity index (χ2v) is 7.26. The van der Waals surface area contributed by atoms with E-state index in [0.717, 1.165) is 30.6 Å². The number of ether oxygens (including phenoxy) is 1. The summed E-state index contributed by atoms with van der Waals surface area (Å²) < 4.78 is 6.03. The van der Waals surface area contributed by atoms with Gasteiger partial charge in [0.2, 0.25) is 0 Å². The molecular formula is C19H32NO+. The molecule has 1 N–H and O–H groups in total. The first-order valence-corrected chi connectivity index (χ1v) is 8.50. The first-order chi connectivity index (χ1) is 9.95. The quantitative estimate of drug-likeness (QED) is 0.823. The van der Waals surface area contributed by atoms with Gasteiger partial charge in [-0.05, 0) is 49.9 Å². The number of hydrogen-bond donors (Lipinski definition) is 1. The van der Waals surface area contributed by atoms with E-state index in [1.165, 1.54) is 42.7 Å². The number of quaternary nitrogens is 1. The Balaban J connectivity index is 1.77. The zero-order valence-corrected chi connectivity index (χ0v) is 14.5. The van der Waals surface area contributed by atoms with E-state index in [1.807, 2.05) is 0 Å². The summed E-state index contributed by atoms with van der Waals surface area (Å²) in [5, 5.41) is 0. The highest BCUT2D eigenvalue weighted by atomic mass is 16.5. The molecule has 0 radical (unpaired) electrons. The summed E-state index contributed by atoms with van der Waals surface area (Å²) in [6, 6.07) is 4.39. The second-order valence-electron chi connectivity index (χ2n) is 7.26. The van der Waals surface area contributed by atoms with E-state index >= 15 is 0 Å². The molecule has 2 nitrogen and oxygen atoms in total. The maximum Gasteiger partial charge on any atom is 0.122 e. The van der Waals surface area contributed by atoms with Crippen molar-refractivity contribution in [3.8, 4) is 5.75 Å². The Morgan fingerprint density at radius 1 is 1.10 bits per heavy atom. The molecule has 1 saturated heterocycles. The van der Waals surface area contributed by atoms with Gasteiger partial charge in [-0.3, -0.25) is 0 Å². The SMILES string of the molecule is Cc1cc(C)c(C)c(OCCC[NH+]2C[C@@H](C)C[C@H](C)C2)c1. The average Bonchev–Trinajstić information content (AvgIpc) is 2.39. The lowest BCUT2D eigenvalue weighted by Gasteiger charge is -2.32. The number of benzene rings is 1. The summed E-state index contributed by atoms with van der Waals surface area (Å²) in [6.07, 6.45) is 2.56. The van der Waals surface area contributed by atoms with Crippen molar-refractivity contribution in [1.29, 1.82) is 0 Å². The molecule has 0 amide bonds. The molecule has 1 aromatic rings. The third kappa shape index (κ3) is 4.74. The molecule has 0 bridgehead atoms. The van der Waals surface area contributed by atoms with Crippen LogP contribution in [0.15, 0.2) is 12.1 Å². The van der Waals surface area contributed by atoms with Gasteiger partial charge in [0.1, 0.15) is 5.75 Å². The molecule has 0 spiro atoms. The van der Waals surface area contributed by atoms with Gasteiger partial charge in [0.15, 0.2) is 0 Å². The third-order valence-electron chi connectivity index (χ3n) is 4.78. The van der Waals surface area contributed by atoms with Crippen LogP contribution >= 0.6 is 0 Å². The average molecular weight is 290 g/mol. The topological polar surface area (TPSA) is 13.7 Å². The Bertz CT molecular complexity index is 459. The van der Waals surface area contributed by atoms with E-state index in [-0.39, 0.29) is 0 Å². The molecule has 1 fully saturated rings. The van der Waals surface area contributed by atoms with Crippen LogP contribution in [-0.2, 0) is 0 Å². The fourth-order valence-corrected chi connectivity index (χ4v) is 3.78. The lowest BCUT2D eigenvalue weighted by Crippen LogP contribution is -3.14. The molecular weight excluding hydrogens is 258 g/mol. The number of piperidine rings is 1. The van der Waals surface area contributed by atoms with Gasteiger partial charge >= 0.3 is 0 Å². The minimum atomic E-state index is 0.843. The Kier molecular flexibility index (Phi) is 5.69. The van der Waals surface area contributed by atoms with Gasteiger partial charge in [0.05, 0.1) is 26.2 Å². The zero-order chi connectivity index (χ0) is 15.4. The Morgan fingerprint density at radius 3 is 2.43 bits per heavy atom. The summed E-state index contributed by atoms with van der Waals surface area (Å²) in [6.45, 7) is 16.0. The van der Waals surface area contributed by atoms with E-state index in [4.69, 9.17) is 4.74 Å². The molecule has 0 aliphatic carbocycles. The van der Waals surface area contributed by atoms with Crippen LogP contribution in [0.4, 0.5) is 0 Å². The molecule has 1 aliphatic rings. The Hall–Kier alpha value is -1.02. The highest BCUT2D eigenvalue weighted by Crippen LogP contribution is 2.23. The van der Waals surface area contributed by atoms with Crippen molar-refractivity contribution in [2.75, 3.05) is 26.2 Å². The largest absolute Gasteiger partial charge is 0.493 e. The van der Waals surface area contributed by atoms with Gasteiger partial charge in [-0.25, -0.2) is 0 Å². The van der Waals surface area contributed by atoms with Crippen molar-refractivity contribution in [3.05, 3.63) is 28.8 Å². The van der Waals surface area contributed by atoms with Crippen LogP contribution in [0.5, 0.6) is 5.75 Å². The summed E-state index contributed by atoms with van der Waals surface area (Å²) in [4.78, 5) is 1.77. The van der Waals surface area contributed by atoms with E-state index < -0.39 is 0 Å². The number of rotatable bonds is 5. The molecule has 118 valence electrons. The van der Waals surface area contributed by atoms with Crippen molar-refractivity contribution in [3.63, 3.8) is 0 Å². The van der Waals surface area contributed by atoms with Crippen molar-refractivity contribution < 1.29 is 9.64 Å². The molecule has 0 unspecified atom stereocenters. The van der Waals surface area contributed by atoms with Crippen LogP contribution in [0.25, 0.3) is 0 Å². The predicted octanol–water partition coefficient (Wildman–Crippen LogP) is 2.94. The van der Waals surface area contributed by atoms with E-state index in [2.05, 4.69) is 46.8 Å².